The Bertz CT molecular complexity index is 336. The average molecular weight is 255 g/mol. The molecule has 4 heteroatoms. The SMILES string of the molecule is COC(=O)[C@@H](NC(=O)[C@H]1C[C@@H](C)C1(C)C)C(C)C. The number of rotatable bonds is 4. The predicted molar refractivity (Wildman–Crippen MR) is 69.8 cm³/mol. The van der Waals surface area contributed by atoms with Gasteiger partial charge in [0, 0.05) is 5.92 Å². The summed E-state index contributed by atoms with van der Waals surface area (Å²) in [6, 6.07) is -0.547. The topological polar surface area (TPSA) is 55.4 Å². The number of carbonyl (C=O) groups excluding carboxylic acids is 2. The maximum Gasteiger partial charge on any atom is 0.328 e. The normalized spacial score (nSPS) is 27.3. The third-order valence-electron chi connectivity index (χ3n) is 4.49. The van der Waals surface area contributed by atoms with Gasteiger partial charge in [-0.3, -0.25) is 4.79 Å². The van der Waals surface area contributed by atoms with E-state index in [1.165, 1.54) is 7.11 Å². The molecule has 3 atom stereocenters. The van der Waals surface area contributed by atoms with E-state index in [1.54, 1.807) is 0 Å². The van der Waals surface area contributed by atoms with Crippen LogP contribution in [-0.2, 0) is 14.3 Å². The van der Waals surface area contributed by atoms with Crippen LogP contribution in [0.4, 0.5) is 0 Å². The van der Waals surface area contributed by atoms with Crippen molar-refractivity contribution in [2.75, 3.05) is 7.11 Å². The molecular formula is C14H25NO3. The van der Waals surface area contributed by atoms with Crippen molar-refractivity contribution in [2.24, 2.45) is 23.2 Å². The van der Waals surface area contributed by atoms with Crippen molar-refractivity contribution in [3.8, 4) is 0 Å². The first kappa shape index (κ1) is 15.0. The van der Waals surface area contributed by atoms with Crippen molar-refractivity contribution in [2.45, 2.75) is 47.1 Å². The van der Waals surface area contributed by atoms with Gasteiger partial charge in [0.2, 0.25) is 5.91 Å². The zero-order chi connectivity index (χ0) is 14.1. The van der Waals surface area contributed by atoms with Gasteiger partial charge in [-0.05, 0) is 23.7 Å². The highest BCUT2D eigenvalue weighted by atomic mass is 16.5. The Hall–Kier alpha value is -1.06. The molecule has 0 aromatic heterocycles. The van der Waals surface area contributed by atoms with E-state index < -0.39 is 6.04 Å². The van der Waals surface area contributed by atoms with E-state index in [0.717, 1.165) is 6.42 Å². The molecule has 18 heavy (non-hydrogen) atoms. The van der Waals surface area contributed by atoms with Crippen molar-refractivity contribution < 1.29 is 14.3 Å². The molecule has 0 unspecified atom stereocenters. The van der Waals surface area contributed by atoms with E-state index in [9.17, 15) is 9.59 Å². The first-order chi connectivity index (χ1) is 8.21. The lowest BCUT2D eigenvalue weighted by atomic mass is 9.55. The molecule has 0 heterocycles. The molecule has 0 aromatic carbocycles. The molecule has 0 aliphatic heterocycles. The van der Waals surface area contributed by atoms with E-state index in [2.05, 4.69) is 26.1 Å². The number of carbonyl (C=O) groups is 2. The summed E-state index contributed by atoms with van der Waals surface area (Å²) in [4.78, 5) is 23.8. The summed E-state index contributed by atoms with van der Waals surface area (Å²) in [6.07, 6.45) is 0.894. The van der Waals surface area contributed by atoms with Crippen LogP contribution in [-0.4, -0.2) is 25.0 Å². The second-order valence-electron chi connectivity index (χ2n) is 6.26. The Morgan fingerprint density at radius 1 is 1.33 bits per heavy atom. The van der Waals surface area contributed by atoms with Crippen LogP contribution in [0.5, 0.6) is 0 Å². The second-order valence-corrected chi connectivity index (χ2v) is 6.26. The molecule has 0 saturated heterocycles. The number of nitrogens with one attached hydrogen (secondary N) is 1. The smallest absolute Gasteiger partial charge is 0.328 e. The number of hydrogen-bond donors (Lipinski definition) is 1. The summed E-state index contributed by atoms with van der Waals surface area (Å²) >= 11 is 0. The van der Waals surface area contributed by atoms with Crippen LogP contribution in [0.25, 0.3) is 0 Å². The molecule has 1 aliphatic rings. The first-order valence-electron chi connectivity index (χ1n) is 6.60. The highest BCUT2D eigenvalue weighted by molar-refractivity contribution is 5.86. The first-order valence-corrected chi connectivity index (χ1v) is 6.60. The molecule has 0 radical (unpaired) electrons. The lowest BCUT2D eigenvalue weighted by Gasteiger charge is -2.50. The van der Waals surface area contributed by atoms with Gasteiger partial charge in [-0.1, -0.05) is 34.6 Å². The summed E-state index contributed by atoms with van der Waals surface area (Å²) in [7, 11) is 1.35. The van der Waals surface area contributed by atoms with Crippen LogP contribution in [0, 0.1) is 23.2 Å². The maximum atomic E-state index is 12.2. The van der Waals surface area contributed by atoms with Gasteiger partial charge in [-0.15, -0.1) is 0 Å². The van der Waals surface area contributed by atoms with Gasteiger partial charge < -0.3 is 10.1 Å². The van der Waals surface area contributed by atoms with Crippen LogP contribution >= 0.6 is 0 Å². The third-order valence-corrected chi connectivity index (χ3v) is 4.49. The number of esters is 1. The second kappa shape index (κ2) is 5.29. The lowest BCUT2D eigenvalue weighted by Crippen LogP contribution is -2.55. The molecule has 1 amide bonds. The van der Waals surface area contributed by atoms with Gasteiger partial charge in [-0.2, -0.15) is 0 Å². The summed E-state index contributed by atoms with van der Waals surface area (Å²) in [5.74, 6) is 0.176. The summed E-state index contributed by atoms with van der Waals surface area (Å²) in [6.45, 7) is 10.2. The van der Waals surface area contributed by atoms with Crippen LogP contribution in [0.2, 0.25) is 0 Å². The van der Waals surface area contributed by atoms with E-state index in [0.29, 0.717) is 5.92 Å². The highest BCUT2D eigenvalue weighted by Gasteiger charge is 2.49. The molecule has 1 rings (SSSR count). The van der Waals surface area contributed by atoms with Gasteiger partial charge in [0.15, 0.2) is 0 Å². The molecule has 0 spiro atoms. The summed E-state index contributed by atoms with van der Waals surface area (Å²) in [5, 5.41) is 2.83. The Morgan fingerprint density at radius 2 is 1.89 bits per heavy atom. The number of ether oxygens (including phenoxy) is 1. The minimum Gasteiger partial charge on any atom is -0.467 e. The van der Waals surface area contributed by atoms with Gasteiger partial charge in [0.1, 0.15) is 6.04 Å². The third kappa shape index (κ3) is 2.68. The number of methoxy groups -OCH3 is 1. The van der Waals surface area contributed by atoms with Crippen LogP contribution in [0.3, 0.4) is 0 Å². The summed E-state index contributed by atoms with van der Waals surface area (Å²) in [5.41, 5.74) is 0.0156. The van der Waals surface area contributed by atoms with Gasteiger partial charge in [0.25, 0.3) is 0 Å². The minimum atomic E-state index is -0.547. The Morgan fingerprint density at radius 3 is 2.22 bits per heavy atom. The van der Waals surface area contributed by atoms with E-state index >= 15 is 0 Å². The molecule has 1 N–H and O–H groups in total. The van der Waals surface area contributed by atoms with Gasteiger partial charge >= 0.3 is 5.97 Å². The quantitative estimate of drug-likeness (QED) is 0.782. The van der Waals surface area contributed by atoms with Crippen LogP contribution in [0.1, 0.15) is 41.0 Å². The Balaban J connectivity index is 2.66. The zero-order valence-corrected chi connectivity index (χ0v) is 12.2. The van der Waals surface area contributed by atoms with Crippen molar-refractivity contribution in [1.82, 2.24) is 5.32 Å². The van der Waals surface area contributed by atoms with Crippen molar-refractivity contribution in [3.05, 3.63) is 0 Å². The molecule has 1 saturated carbocycles. The minimum absolute atomic E-state index is 0.00148. The molecule has 0 aromatic rings. The van der Waals surface area contributed by atoms with Gasteiger partial charge in [-0.25, -0.2) is 4.79 Å². The number of amides is 1. The molecule has 104 valence electrons. The van der Waals surface area contributed by atoms with E-state index in [1.807, 2.05) is 13.8 Å². The fourth-order valence-electron chi connectivity index (χ4n) is 2.47. The predicted octanol–water partition coefficient (Wildman–Crippen LogP) is 1.98. The summed E-state index contributed by atoms with van der Waals surface area (Å²) < 4.78 is 4.73. The van der Waals surface area contributed by atoms with E-state index in [4.69, 9.17) is 4.74 Å². The largest absolute Gasteiger partial charge is 0.467 e. The van der Waals surface area contributed by atoms with Crippen LogP contribution in [0.15, 0.2) is 0 Å². The maximum absolute atomic E-state index is 12.2. The van der Waals surface area contributed by atoms with Crippen molar-refractivity contribution >= 4 is 11.9 Å². The monoisotopic (exact) mass is 255 g/mol. The van der Waals surface area contributed by atoms with Gasteiger partial charge in [0.05, 0.1) is 7.11 Å². The molecule has 4 nitrogen and oxygen atoms in total. The standard InChI is InChI=1S/C14H25NO3/c1-8(2)11(13(17)18-6)15-12(16)10-7-9(3)14(10,4)5/h8-11H,7H2,1-6H3,(H,15,16)/t9-,10-,11+/m1/s1. The lowest BCUT2D eigenvalue weighted by molar-refractivity contribution is -0.150. The molecule has 0 bridgehead atoms. The fraction of sp³-hybridized carbons (Fsp3) is 0.857. The molecule has 1 fully saturated rings. The van der Waals surface area contributed by atoms with Crippen molar-refractivity contribution in [3.63, 3.8) is 0 Å². The highest BCUT2D eigenvalue weighted by Crippen LogP contribution is 2.50. The Labute approximate surface area is 109 Å². The average Bonchev–Trinajstić information content (AvgIpc) is 2.31. The fourth-order valence-corrected chi connectivity index (χ4v) is 2.47. The van der Waals surface area contributed by atoms with Crippen LogP contribution < -0.4 is 5.32 Å². The molecule has 1 aliphatic carbocycles. The zero-order valence-electron chi connectivity index (χ0n) is 12.2. The van der Waals surface area contributed by atoms with Crippen molar-refractivity contribution in [1.29, 1.82) is 0 Å². The van der Waals surface area contributed by atoms with E-state index in [-0.39, 0.29) is 29.1 Å². The Kier molecular flexibility index (Phi) is 4.41. The molecular weight excluding hydrogens is 230 g/mol. The number of hydrogen-bond acceptors (Lipinski definition) is 3.